The Hall–Kier alpha value is 0.0569. The average Bonchev–Trinajstić information content (AvgIpc) is 2.60. The van der Waals surface area contributed by atoms with Gasteiger partial charge in [0.1, 0.15) is 0 Å². The van der Waals surface area contributed by atoms with Crippen LogP contribution in [0, 0.1) is 0 Å². The van der Waals surface area contributed by atoms with Gasteiger partial charge in [-0.1, -0.05) is 39.5 Å². The van der Waals surface area contributed by atoms with E-state index in [0.29, 0.717) is 0 Å². The van der Waals surface area contributed by atoms with Crippen LogP contribution in [0.3, 0.4) is 0 Å². The van der Waals surface area contributed by atoms with Crippen LogP contribution >= 0.6 is 0 Å². The van der Waals surface area contributed by atoms with Crippen LogP contribution in [0.15, 0.2) is 0 Å². The number of rotatable bonds is 15. The topological polar surface area (TPSA) is 19.0 Å². The molecule has 0 aromatic carbocycles. The Morgan fingerprint density at radius 3 is 1.81 bits per heavy atom. The van der Waals surface area contributed by atoms with Crippen molar-refractivity contribution in [2.24, 2.45) is 0 Å². The predicted molar refractivity (Wildman–Crippen MR) is 117 cm³/mol. The molecule has 0 spiro atoms. The van der Waals surface area contributed by atoms with Crippen LogP contribution in [0.5, 0.6) is 0 Å². The summed E-state index contributed by atoms with van der Waals surface area (Å²) in [7, 11) is -1.49. The minimum absolute atomic E-state index is 0.866. The highest BCUT2D eigenvalue weighted by Gasteiger charge is 2.27. The summed E-state index contributed by atoms with van der Waals surface area (Å²) in [5.41, 5.74) is 0. The second kappa shape index (κ2) is 14.1. The molecule has 0 unspecified atom stereocenters. The van der Waals surface area contributed by atoms with E-state index in [1.165, 1.54) is 97.1 Å². The Kier molecular flexibility index (Phi) is 13.1. The molecule has 0 amide bonds. The molecule has 156 valence electrons. The molecule has 5 heteroatoms. The Bertz CT molecular complexity index is 323. The lowest BCUT2D eigenvalue weighted by molar-refractivity contribution is 0.124. The maximum atomic E-state index is 6.01. The van der Waals surface area contributed by atoms with Crippen LogP contribution in [0.4, 0.5) is 0 Å². The second-order valence-electron chi connectivity index (χ2n) is 8.57. The second-order valence-corrected chi connectivity index (χ2v) is 12.7. The monoisotopic (exact) mass is 385 g/mol. The first-order valence-electron chi connectivity index (χ1n) is 11.3. The van der Waals surface area contributed by atoms with Gasteiger partial charge in [0.25, 0.3) is 0 Å². The lowest BCUT2D eigenvalue weighted by Gasteiger charge is -2.38. The number of hydrogen-bond donors (Lipinski definition) is 0. The molecule has 0 N–H and O–H groups in total. The largest absolute Gasteiger partial charge is 0.416 e. The van der Waals surface area contributed by atoms with Crippen molar-refractivity contribution in [2.45, 2.75) is 72.4 Å². The summed E-state index contributed by atoms with van der Waals surface area (Å²) in [5, 5.41) is 0. The van der Waals surface area contributed by atoms with Crippen LogP contribution in [-0.4, -0.2) is 88.2 Å². The third-order valence-electron chi connectivity index (χ3n) is 5.49. The summed E-state index contributed by atoms with van der Waals surface area (Å²) in [6.45, 7) is 22.3. The SMILES string of the molecule is CCCCCN(CCCCC)CCN1CCN(C[Si](C)(C)OCC)CC1. The van der Waals surface area contributed by atoms with Crippen LogP contribution in [-0.2, 0) is 4.43 Å². The summed E-state index contributed by atoms with van der Waals surface area (Å²) in [5.74, 6) is 0. The molecule has 26 heavy (non-hydrogen) atoms. The van der Waals surface area contributed by atoms with E-state index in [0.717, 1.165) is 6.61 Å². The number of hydrogen-bond acceptors (Lipinski definition) is 4. The van der Waals surface area contributed by atoms with Crippen molar-refractivity contribution in [1.29, 1.82) is 0 Å². The lowest BCUT2D eigenvalue weighted by Crippen LogP contribution is -2.53. The van der Waals surface area contributed by atoms with E-state index in [4.69, 9.17) is 4.43 Å². The molecule has 1 rings (SSSR count). The van der Waals surface area contributed by atoms with Gasteiger partial charge >= 0.3 is 0 Å². The maximum absolute atomic E-state index is 6.01. The minimum atomic E-state index is -1.49. The highest BCUT2D eigenvalue weighted by molar-refractivity contribution is 6.71. The molecule has 0 radical (unpaired) electrons. The van der Waals surface area contributed by atoms with Crippen molar-refractivity contribution in [3.05, 3.63) is 0 Å². The molecular formula is C21H47N3OSi. The molecule has 0 bridgehead atoms. The predicted octanol–water partition coefficient (Wildman–Crippen LogP) is 4.07. The third-order valence-corrected chi connectivity index (χ3v) is 7.77. The molecule has 1 fully saturated rings. The van der Waals surface area contributed by atoms with Gasteiger partial charge in [-0.05, 0) is 45.9 Å². The van der Waals surface area contributed by atoms with E-state index in [1.54, 1.807) is 0 Å². The molecule has 4 nitrogen and oxygen atoms in total. The van der Waals surface area contributed by atoms with Crippen LogP contribution in [0.2, 0.25) is 13.1 Å². The Morgan fingerprint density at radius 1 is 0.769 bits per heavy atom. The molecule has 1 aliphatic heterocycles. The molecular weight excluding hydrogens is 338 g/mol. The molecule has 0 atom stereocenters. The van der Waals surface area contributed by atoms with E-state index in [9.17, 15) is 0 Å². The van der Waals surface area contributed by atoms with Crippen molar-refractivity contribution in [2.75, 3.05) is 65.1 Å². The standard InChI is InChI=1S/C21H47N3OSi/c1-6-9-11-13-22(14-12-10-7-2)15-16-23-17-19-24(20-18-23)21-26(4,5)25-8-3/h6-21H2,1-5H3. The molecule has 1 heterocycles. The molecule has 0 aliphatic carbocycles. The highest BCUT2D eigenvalue weighted by atomic mass is 28.4. The average molecular weight is 386 g/mol. The van der Waals surface area contributed by atoms with Gasteiger partial charge in [0.2, 0.25) is 0 Å². The van der Waals surface area contributed by atoms with E-state index in [2.05, 4.69) is 48.6 Å². The highest BCUT2D eigenvalue weighted by Crippen LogP contribution is 2.10. The fourth-order valence-corrected chi connectivity index (χ4v) is 6.20. The van der Waals surface area contributed by atoms with Gasteiger partial charge in [-0.3, -0.25) is 4.90 Å². The van der Waals surface area contributed by atoms with E-state index >= 15 is 0 Å². The number of nitrogens with zero attached hydrogens (tertiary/aromatic N) is 3. The van der Waals surface area contributed by atoms with E-state index in [1.807, 2.05) is 0 Å². The first-order valence-corrected chi connectivity index (χ1v) is 14.4. The summed E-state index contributed by atoms with van der Waals surface area (Å²) in [6, 6.07) is 0. The van der Waals surface area contributed by atoms with Crippen molar-refractivity contribution in [3.8, 4) is 0 Å². The van der Waals surface area contributed by atoms with Crippen LogP contribution in [0.1, 0.15) is 59.3 Å². The van der Waals surface area contributed by atoms with Gasteiger partial charge in [0.05, 0.1) is 0 Å². The van der Waals surface area contributed by atoms with Gasteiger partial charge < -0.3 is 14.2 Å². The Labute approximate surface area is 165 Å². The first kappa shape index (κ1) is 24.1. The summed E-state index contributed by atoms with van der Waals surface area (Å²) >= 11 is 0. The minimum Gasteiger partial charge on any atom is -0.416 e. The fraction of sp³-hybridized carbons (Fsp3) is 1.00. The van der Waals surface area contributed by atoms with E-state index < -0.39 is 8.32 Å². The molecule has 0 aromatic heterocycles. The molecule has 0 aromatic rings. The molecule has 1 aliphatic rings. The van der Waals surface area contributed by atoms with Crippen LogP contribution in [0.25, 0.3) is 0 Å². The normalized spacial score (nSPS) is 17.3. The van der Waals surface area contributed by atoms with Crippen molar-refractivity contribution < 1.29 is 4.43 Å². The van der Waals surface area contributed by atoms with E-state index in [-0.39, 0.29) is 0 Å². The van der Waals surface area contributed by atoms with Crippen molar-refractivity contribution in [1.82, 2.24) is 14.7 Å². The molecule has 1 saturated heterocycles. The van der Waals surface area contributed by atoms with Crippen LogP contribution < -0.4 is 0 Å². The quantitative estimate of drug-likeness (QED) is 0.312. The Morgan fingerprint density at radius 2 is 1.31 bits per heavy atom. The summed E-state index contributed by atoms with van der Waals surface area (Å²) in [4.78, 5) is 8.04. The van der Waals surface area contributed by atoms with Gasteiger partial charge in [-0.15, -0.1) is 0 Å². The molecule has 0 saturated carbocycles. The van der Waals surface area contributed by atoms with Crippen molar-refractivity contribution >= 4 is 8.32 Å². The zero-order valence-corrected chi connectivity index (χ0v) is 19.6. The zero-order chi connectivity index (χ0) is 19.3. The Balaban J connectivity index is 2.27. The number of unbranched alkanes of at least 4 members (excludes halogenated alkanes) is 4. The van der Waals surface area contributed by atoms with Gasteiger partial charge in [-0.2, -0.15) is 0 Å². The zero-order valence-electron chi connectivity index (χ0n) is 18.6. The van der Waals surface area contributed by atoms with Gasteiger partial charge in [-0.25, -0.2) is 0 Å². The third kappa shape index (κ3) is 11.0. The fourth-order valence-electron chi connectivity index (χ4n) is 3.93. The lowest BCUT2D eigenvalue weighted by atomic mass is 10.2. The first-order chi connectivity index (χ1) is 12.5. The number of piperazine rings is 1. The summed E-state index contributed by atoms with van der Waals surface area (Å²) < 4.78 is 6.01. The van der Waals surface area contributed by atoms with Crippen molar-refractivity contribution in [3.63, 3.8) is 0 Å². The van der Waals surface area contributed by atoms with Gasteiger partial charge in [0, 0.05) is 52.0 Å². The van der Waals surface area contributed by atoms with Gasteiger partial charge in [0.15, 0.2) is 8.32 Å². The summed E-state index contributed by atoms with van der Waals surface area (Å²) in [6.07, 6.45) is 9.33. The smallest absolute Gasteiger partial charge is 0.200 e. The maximum Gasteiger partial charge on any atom is 0.200 e.